The van der Waals surface area contributed by atoms with Gasteiger partial charge in [0.15, 0.2) is 6.61 Å². The smallest absolute Gasteiger partial charge is 0.260 e. The van der Waals surface area contributed by atoms with Gasteiger partial charge in [-0.3, -0.25) is 9.89 Å². The zero-order valence-corrected chi connectivity index (χ0v) is 12.0. The minimum Gasteiger partial charge on any atom is -0.483 e. The molecular formula is C15H19N3O2. The summed E-state index contributed by atoms with van der Waals surface area (Å²) in [6.07, 6.45) is 3.48. The predicted molar refractivity (Wildman–Crippen MR) is 76.5 cm³/mol. The zero-order valence-electron chi connectivity index (χ0n) is 12.0. The lowest BCUT2D eigenvalue weighted by Crippen LogP contribution is -2.30. The Hall–Kier alpha value is -2.30. The Morgan fingerprint density at radius 1 is 1.40 bits per heavy atom. The fourth-order valence-electron chi connectivity index (χ4n) is 1.86. The van der Waals surface area contributed by atoms with E-state index in [1.165, 1.54) is 0 Å². The maximum Gasteiger partial charge on any atom is 0.260 e. The van der Waals surface area contributed by atoms with Crippen molar-refractivity contribution >= 4 is 5.91 Å². The number of hydrogen-bond acceptors (Lipinski definition) is 3. The number of aromatic amines is 1. The lowest BCUT2D eigenvalue weighted by atomic mass is 10.1. The first-order valence-electron chi connectivity index (χ1n) is 6.48. The standard InChI is InChI=1S/C15H19N3O2/c1-11-5-4-6-14(12(11)2)20-10-15(19)18(3)9-13-7-16-17-8-13/h4-8H,9-10H2,1-3H3,(H,16,17). The monoisotopic (exact) mass is 273 g/mol. The molecule has 2 rings (SSSR count). The summed E-state index contributed by atoms with van der Waals surface area (Å²) in [5, 5.41) is 6.58. The van der Waals surface area contributed by atoms with E-state index < -0.39 is 0 Å². The van der Waals surface area contributed by atoms with Crippen LogP contribution in [-0.2, 0) is 11.3 Å². The van der Waals surface area contributed by atoms with Crippen molar-refractivity contribution in [3.63, 3.8) is 0 Å². The molecule has 0 aliphatic heterocycles. The molecule has 0 aliphatic carbocycles. The summed E-state index contributed by atoms with van der Waals surface area (Å²) in [5.74, 6) is 0.696. The van der Waals surface area contributed by atoms with Crippen LogP contribution in [0.5, 0.6) is 5.75 Å². The Bertz CT molecular complexity index is 579. The van der Waals surface area contributed by atoms with Gasteiger partial charge in [-0.2, -0.15) is 5.10 Å². The second-order valence-corrected chi connectivity index (χ2v) is 4.84. The van der Waals surface area contributed by atoms with Crippen molar-refractivity contribution in [2.24, 2.45) is 0 Å². The first-order valence-corrected chi connectivity index (χ1v) is 6.48. The highest BCUT2D eigenvalue weighted by Crippen LogP contribution is 2.20. The van der Waals surface area contributed by atoms with E-state index in [1.807, 2.05) is 32.0 Å². The van der Waals surface area contributed by atoms with Crippen molar-refractivity contribution in [3.05, 3.63) is 47.3 Å². The second kappa shape index (κ2) is 6.23. The number of rotatable bonds is 5. The van der Waals surface area contributed by atoms with Gasteiger partial charge in [0.25, 0.3) is 5.91 Å². The van der Waals surface area contributed by atoms with Crippen LogP contribution in [0.4, 0.5) is 0 Å². The molecule has 1 heterocycles. The predicted octanol–water partition coefficient (Wildman–Crippen LogP) is 2.06. The van der Waals surface area contributed by atoms with Crippen LogP contribution in [0.25, 0.3) is 0 Å². The Morgan fingerprint density at radius 3 is 2.90 bits per heavy atom. The summed E-state index contributed by atoms with van der Waals surface area (Å²) in [5.41, 5.74) is 3.19. The Kier molecular flexibility index (Phi) is 4.40. The van der Waals surface area contributed by atoms with Crippen LogP contribution in [0.3, 0.4) is 0 Å². The molecule has 1 amide bonds. The Morgan fingerprint density at radius 2 is 2.20 bits per heavy atom. The second-order valence-electron chi connectivity index (χ2n) is 4.84. The van der Waals surface area contributed by atoms with Crippen LogP contribution in [0, 0.1) is 13.8 Å². The van der Waals surface area contributed by atoms with E-state index in [9.17, 15) is 4.79 Å². The molecule has 5 heteroatoms. The SMILES string of the molecule is Cc1cccc(OCC(=O)N(C)Cc2cn[nH]c2)c1C. The molecule has 0 bridgehead atoms. The van der Waals surface area contributed by atoms with Gasteiger partial charge >= 0.3 is 0 Å². The van der Waals surface area contributed by atoms with E-state index in [2.05, 4.69) is 10.2 Å². The minimum atomic E-state index is -0.0629. The first-order chi connectivity index (χ1) is 9.58. The molecule has 20 heavy (non-hydrogen) atoms. The normalized spacial score (nSPS) is 10.3. The molecule has 5 nitrogen and oxygen atoms in total. The zero-order chi connectivity index (χ0) is 14.5. The highest BCUT2D eigenvalue weighted by molar-refractivity contribution is 5.77. The number of amides is 1. The van der Waals surface area contributed by atoms with Crippen molar-refractivity contribution in [3.8, 4) is 5.75 Å². The third-order valence-corrected chi connectivity index (χ3v) is 3.31. The average Bonchev–Trinajstić information content (AvgIpc) is 2.93. The molecule has 0 saturated carbocycles. The van der Waals surface area contributed by atoms with Crippen LogP contribution >= 0.6 is 0 Å². The van der Waals surface area contributed by atoms with Crippen molar-refractivity contribution in [2.45, 2.75) is 20.4 Å². The summed E-state index contributed by atoms with van der Waals surface area (Å²) in [7, 11) is 1.75. The number of nitrogens with one attached hydrogen (secondary N) is 1. The molecule has 0 saturated heterocycles. The van der Waals surface area contributed by atoms with Crippen molar-refractivity contribution in [1.82, 2.24) is 15.1 Å². The van der Waals surface area contributed by atoms with Gasteiger partial charge in [-0.05, 0) is 31.0 Å². The molecule has 0 aliphatic rings. The molecule has 0 unspecified atom stereocenters. The van der Waals surface area contributed by atoms with Crippen molar-refractivity contribution in [2.75, 3.05) is 13.7 Å². The van der Waals surface area contributed by atoms with E-state index in [4.69, 9.17) is 4.74 Å². The van der Waals surface area contributed by atoms with Crippen LogP contribution in [-0.4, -0.2) is 34.7 Å². The third kappa shape index (κ3) is 3.38. The lowest BCUT2D eigenvalue weighted by molar-refractivity contribution is -0.132. The highest BCUT2D eigenvalue weighted by atomic mass is 16.5. The number of hydrogen-bond donors (Lipinski definition) is 1. The van der Waals surface area contributed by atoms with E-state index in [1.54, 1.807) is 24.3 Å². The number of aromatic nitrogens is 2. The molecule has 106 valence electrons. The summed E-state index contributed by atoms with van der Waals surface area (Å²) in [6.45, 7) is 4.57. The van der Waals surface area contributed by atoms with Gasteiger partial charge in [-0.1, -0.05) is 12.1 Å². The minimum absolute atomic E-state index is 0.0403. The fourth-order valence-corrected chi connectivity index (χ4v) is 1.86. The van der Waals surface area contributed by atoms with E-state index in [0.717, 1.165) is 22.4 Å². The van der Waals surface area contributed by atoms with Crippen LogP contribution in [0.2, 0.25) is 0 Å². The summed E-state index contributed by atoms with van der Waals surface area (Å²) < 4.78 is 5.61. The molecule has 2 aromatic rings. The number of carbonyl (C=O) groups is 1. The number of H-pyrrole nitrogens is 1. The number of likely N-dealkylation sites (N-methyl/N-ethyl adjacent to an activating group) is 1. The molecule has 1 aromatic heterocycles. The van der Waals surface area contributed by atoms with Crippen LogP contribution in [0.15, 0.2) is 30.6 Å². The van der Waals surface area contributed by atoms with Gasteiger partial charge in [-0.15, -0.1) is 0 Å². The van der Waals surface area contributed by atoms with Gasteiger partial charge < -0.3 is 9.64 Å². The van der Waals surface area contributed by atoms with Gasteiger partial charge in [0, 0.05) is 25.4 Å². The fraction of sp³-hybridized carbons (Fsp3) is 0.333. The van der Waals surface area contributed by atoms with Gasteiger partial charge in [-0.25, -0.2) is 0 Å². The number of nitrogens with zero attached hydrogens (tertiary/aromatic N) is 2. The largest absolute Gasteiger partial charge is 0.483 e. The maximum atomic E-state index is 12.0. The molecular weight excluding hydrogens is 254 g/mol. The number of benzene rings is 1. The van der Waals surface area contributed by atoms with Gasteiger partial charge in [0.05, 0.1) is 6.20 Å². The first kappa shape index (κ1) is 14.1. The highest BCUT2D eigenvalue weighted by Gasteiger charge is 2.11. The van der Waals surface area contributed by atoms with Crippen molar-refractivity contribution < 1.29 is 9.53 Å². The average molecular weight is 273 g/mol. The molecule has 0 fully saturated rings. The van der Waals surface area contributed by atoms with E-state index in [0.29, 0.717) is 6.54 Å². The summed E-state index contributed by atoms with van der Waals surface area (Å²) in [6, 6.07) is 5.83. The van der Waals surface area contributed by atoms with Crippen molar-refractivity contribution in [1.29, 1.82) is 0 Å². The van der Waals surface area contributed by atoms with E-state index in [-0.39, 0.29) is 12.5 Å². The molecule has 1 aromatic carbocycles. The topological polar surface area (TPSA) is 58.2 Å². The number of aryl methyl sites for hydroxylation is 1. The summed E-state index contributed by atoms with van der Waals surface area (Å²) >= 11 is 0. The van der Waals surface area contributed by atoms with Crippen LogP contribution in [0.1, 0.15) is 16.7 Å². The molecule has 0 spiro atoms. The van der Waals surface area contributed by atoms with Crippen LogP contribution < -0.4 is 4.74 Å². The summed E-state index contributed by atoms with van der Waals surface area (Å²) in [4.78, 5) is 13.6. The van der Waals surface area contributed by atoms with Gasteiger partial charge in [0.2, 0.25) is 0 Å². The number of carbonyl (C=O) groups excluding carboxylic acids is 1. The van der Waals surface area contributed by atoms with Gasteiger partial charge in [0.1, 0.15) is 5.75 Å². The third-order valence-electron chi connectivity index (χ3n) is 3.31. The quantitative estimate of drug-likeness (QED) is 0.907. The maximum absolute atomic E-state index is 12.0. The molecule has 1 N–H and O–H groups in total. The Labute approximate surface area is 118 Å². The Balaban J connectivity index is 1.90. The molecule has 0 atom stereocenters. The molecule has 0 radical (unpaired) electrons. The number of ether oxygens (including phenoxy) is 1. The lowest BCUT2D eigenvalue weighted by Gasteiger charge is -2.17. The van der Waals surface area contributed by atoms with E-state index >= 15 is 0 Å².